The van der Waals surface area contributed by atoms with E-state index in [1.165, 1.54) is 44.9 Å². The van der Waals surface area contributed by atoms with Crippen LogP contribution in [-0.2, 0) is 9.53 Å². The second kappa shape index (κ2) is 19.9. The van der Waals surface area contributed by atoms with Gasteiger partial charge in [0.15, 0.2) is 0 Å². The van der Waals surface area contributed by atoms with Crippen molar-refractivity contribution in [3.05, 3.63) is 12.2 Å². The number of hydrogen-bond donors (Lipinski definition) is 2. The van der Waals surface area contributed by atoms with Crippen LogP contribution in [0.25, 0.3) is 0 Å². The fourth-order valence-electron chi connectivity index (χ4n) is 3.14. The van der Waals surface area contributed by atoms with Crippen LogP contribution in [0.15, 0.2) is 12.2 Å². The molecule has 0 fully saturated rings. The van der Waals surface area contributed by atoms with Crippen LogP contribution < -0.4 is 11.5 Å². The van der Waals surface area contributed by atoms with Crippen LogP contribution >= 0.6 is 0 Å². The monoisotopic (exact) mass is 382 g/mol. The first-order chi connectivity index (χ1) is 13.2. The summed E-state index contributed by atoms with van der Waals surface area (Å²) in [4.78, 5) is 12.1. The van der Waals surface area contributed by atoms with E-state index in [0.29, 0.717) is 13.0 Å². The first kappa shape index (κ1) is 26.1. The van der Waals surface area contributed by atoms with E-state index < -0.39 is 6.04 Å². The van der Waals surface area contributed by atoms with Gasteiger partial charge >= 0.3 is 5.97 Å². The SMILES string of the molecule is CCCCCCCCC=CCCCC(CCCC)OC(=O)[C@@H](N)CCCN. The molecule has 27 heavy (non-hydrogen) atoms. The van der Waals surface area contributed by atoms with Crippen molar-refractivity contribution in [2.45, 2.75) is 122 Å². The Hall–Kier alpha value is -0.870. The molecular formula is C23H46N2O2. The topological polar surface area (TPSA) is 78.3 Å². The molecule has 0 saturated heterocycles. The van der Waals surface area contributed by atoms with E-state index in [4.69, 9.17) is 16.2 Å². The van der Waals surface area contributed by atoms with Crippen molar-refractivity contribution in [2.24, 2.45) is 11.5 Å². The van der Waals surface area contributed by atoms with Crippen LogP contribution in [0.5, 0.6) is 0 Å². The first-order valence-electron chi connectivity index (χ1n) is 11.5. The Balaban J connectivity index is 3.92. The molecule has 0 saturated carbocycles. The molecule has 160 valence electrons. The molecule has 0 aromatic rings. The van der Waals surface area contributed by atoms with E-state index in [0.717, 1.165) is 44.9 Å². The molecule has 4 N–H and O–H groups in total. The second-order valence-electron chi connectivity index (χ2n) is 7.70. The van der Waals surface area contributed by atoms with Crippen LogP contribution in [0.1, 0.15) is 110 Å². The highest BCUT2D eigenvalue weighted by Crippen LogP contribution is 2.15. The third-order valence-electron chi connectivity index (χ3n) is 4.97. The molecule has 0 aliphatic rings. The Morgan fingerprint density at radius 1 is 0.815 bits per heavy atom. The Morgan fingerprint density at radius 3 is 2.07 bits per heavy atom. The van der Waals surface area contributed by atoms with Crippen LogP contribution in [0.3, 0.4) is 0 Å². The maximum absolute atomic E-state index is 12.1. The molecule has 0 rings (SSSR count). The number of esters is 1. The Kier molecular flexibility index (Phi) is 19.2. The van der Waals surface area contributed by atoms with Crippen molar-refractivity contribution >= 4 is 5.97 Å². The van der Waals surface area contributed by atoms with Gasteiger partial charge in [0.1, 0.15) is 12.1 Å². The van der Waals surface area contributed by atoms with Gasteiger partial charge in [0.05, 0.1) is 0 Å². The van der Waals surface area contributed by atoms with Crippen LogP contribution in [0.2, 0.25) is 0 Å². The minimum absolute atomic E-state index is 0.00772. The van der Waals surface area contributed by atoms with Crippen molar-refractivity contribution in [3.63, 3.8) is 0 Å². The smallest absolute Gasteiger partial charge is 0.323 e. The van der Waals surface area contributed by atoms with Crippen LogP contribution in [-0.4, -0.2) is 24.7 Å². The molecule has 4 heteroatoms. The molecule has 4 nitrogen and oxygen atoms in total. The van der Waals surface area contributed by atoms with E-state index in [-0.39, 0.29) is 12.1 Å². The van der Waals surface area contributed by atoms with Gasteiger partial charge in [0, 0.05) is 0 Å². The first-order valence-corrected chi connectivity index (χ1v) is 11.5. The van der Waals surface area contributed by atoms with Gasteiger partial charge in [-0.25, -0.2) is 0 Å². The number of rotatable bonds is 19. The lowest BCUT2D eigenvalue weighted by Crippen LogP contribution is -2.35. The van der Waals surface area contributed by atoms with Gasteiger partial charge in [-0.2, -0.15) is 0 Å². The second-order valence-corrected chi connectivity index (χ2v) is 7.70. The van der Waals surface area contributed by atoms with Crippen LogP contribution in [0.4, 0.5) is 0 Å². The normalized spacial score (nSPS) is 13.8. The summed E-state index contributed by atoms with van der Waals surface area (Å²) in [6.45, 7) is 4.98. The number of ether oxygens (including phenoxy) is 1. The largest absolute Gasteiger partial charge is 0.461 e. The molecule has 0 spiro atoms. The highest BCUT2D eigenvalue weighted by atomic mass is 16.5. The van der Waals surface area contributed by atoms with Crippen molar-refractivity contribution in [1.82, 2.24) is 0 Å². The average molecular weight is 383 g/mol. The van der Waals surface area contributed by atoms with E-state index >= 15 is 0 Å². The van der Waals surface area contributed by atoms with E-state index in [1.807, 2.05) is 0 Å². The minimum Gasteiger partial charge on any atom is -0.461 e. The maximum Gasteiger partial charge on any atom is 0.323 e. The minimum atomic E-state index is -0.533. The van der Waals surface area contributed by atoms with Gasteiger partial charge in [-0.15, -0.1) is 0 Å². The summed E-state index contributed by atoms with van der Waals surface area (Å²) in [6.07, 6.45) is 21.5. The summed E-state index contributed by atoms with van der Waals surface area (Å²) in [5, 5.41) is 0. The highest BCUT2D eigenvalue weighted by molar-refractivity contribution is 5.75. The van der Waals surface area contributed by atoms with E-state index in [1.54, 1.807) is 0 Å². The number of hydrogen-bond acceptors (Lipinski definition) is 4. The van der Waals surface area contributed by atoms with Crippen molar-refractivity contribution in [3.8, 4) is 0 Å². The molecule has 0 amide bonds. The fourth-order valence-corrected chi connectivity index (χ4v) is 3.14. The average Bonchev–Trinajstić information content (AvgIpc) is 2.67. The Morgan fingerprint density at radius 2 is 1.41 bits per heavy atom. The molecule has 0 aromatic heterocycles. The molecule has 2 atom stereocenters. The highest BCUT2D eigenvalue weighted by Gasteiger charge is 2.19. The maximum atomic E-state index is 12.1. The molecule has 0 heterocycles. The zero-order valence-electron chi connectivity index (χ0n) is 18.1. The third-order valence-corrected chi connectivity index (χ3v) is 4.97. The molecule has 0 bridgehead atoms. The number of unbranched alkanes of at least 4 members (excludes halogenated alkanes) is 8. The molecular weight excluding hydrogens is 336 g/mol. The summed E-state index contributed by atoms with van der Waals surface area (Å²) in [6, 6.07) is -0.533. The Labute approximate surface area is 168 Å². The number of carbonyl (C=O) groups is 1. The summed E-state index contributed by atoms with van der Waals surface area (Å²) in [5.74, 6) is -0.261. The standard InChI is InChI=1S/C23H46N2O2/c1-3-5-7-8-9-10-11-12-13-14-15-18-21(17-6-4-2)27-23(26)22(25)19-16-20-24/h12-13,21-22H,3-11,14-20,24-25H2,1-2H3/t21?,22-/m0/s1. The lowest BCUT2D eigenvalue weighted by molar-refractivity contribution is -0.151. The molecule has 1 unspecified atom stereocenters. The van der Waals surface area contributed by atoms with Gasteiger partial charge in [-0.3, -0.25) is 4.79 Å². The third kappa shape index (κ3) is 17.0. The van der Waals surface area contributed by atoms with Gasteiger partial charge < -0.3 is 16.2 Å². The lowest BCUT2D eigenvalue weighted by Gasteiger charge is -2.20. The van der Waals surface area contributed by atoms with Gasteiger partial charge in [-0.05, 0) is 57.9 Å². The quantitative estimate of drug-likeness (QED) is 0.172. The van der Waals surface area contributed by atoms with Crippen molar-refractivity contribution in [1.29, 1.82) is 0 Å². The summed E-state index contributed by atoms with van der Waals surface area (Å²) < 4.78 is 5.67. The predicted octanol–water partition coefficient (Wildman–Crippen LogP) is 5.63. The van der Waals surface area contributed by atoms with E-state index in [2.05, 4.69) is 26.0 Å². The van der Waals surface area contributed by atoms with Crippen molar-refractivity contribution in [2.75, 3.05) is 6.54 Å². The van der Waals surface area contributed by atoms with Crippen LogP contribution in [0, 0.1) is 0 Å². The summed E-state index contributed by atoms with van der Waals surface area (Å²) in [7, 11) is 0. The zero-order valence-corrected chi connectivity index (χ0v) is 18.1. The molecule has 0 radical (unpaired) electrons. The zero-order chi connectivity index (χ0) is 20.2. The lowest BCUT2D eigenvalue weighted by atomic mass is 10.0. The summed E-state index contributed by atoms with van der Waals surface area (Å²) >= 11 is 0. The fraction of sp³-hybridized carbons (Fsp3) is 0.870. The summed E-state index contributed by atoms with van der Waals surface area (Å²) in [5.41, 5.74) is 11.4. The van der Waals surface area contributed by atoms with Gasteiger partial charge in [0.2, 0.25) is 0 Å². The van der Waals surface area contributed by atoms with E-state index in [9.17, 15) is 4.79 Å². The number of nitrogens with two attached hydrogens (primary N) is 2. The molecule has 0 aliphatic heterocycles. The Bertz CT molecular complexity index is 358. The van der Waals surface area contributed by atoms with Crippen molar-refractivity contribution < 1.29 is 9.53 Å². The number of allylic oxidation sites excluding steroid dienone is 2. The molecule has 0 aliphatic carbocycles. The van der Waals surface area contributed by atoms with Gasteiger partial charge in [-0.1, -0.05) is 70.9 Å². The number of carbonyl (C=O) groups excluding carboxylic acids is 1. The predicted molar refractivity (Wildman–Crippen MR) is 117 cm³/mol. The van der Waals surface area contributed by atoms with Gasteiger partial charge in [0.25, 0.3) is 0 Å². The molecule has 0 aromatic carbocycles.